The van der Waals surface area contributed by atoms with Gasteiger partial charge in [-0.2, -0.15) is 0 Å². The summed E-state index contributed by atoms with van der Waals surface area (Å²) in [6, 6.07) is 14.4. The van der Waals surface area contributed by atoms with E-state index in [0.717, 1.165) is 81.8 Å². The first-order chi connectivity index (χ1) is 35.9. The van der Waals surface area contributed by atoms with Crippen LogP contribution in [0.4, 0.5) is 0 Å². The Morgan fingerprint density at radius 1 is 0.568 bits per heavy atom. The second-order valence-corrected chi connectivity index (χ2v) is 21.2. The first kappa shape index (κ1) is 52.3. The van der Waals surface area contributed by atoms with Crippen molar-refractivity contribution in [2.24, 2.45) is 5.92 Å². The van der Waals surface area contributed by atoms with E-state index in [4.69, 9.17) is 0 Å². The van der Waals surface area contributed by atoms with Crippen LogP contribution in [0.25, 0.3) is 0 Å². The third-order valence-electron chi connectivity index (χ3n) is 16.4. The van der Waals surface area contributed by atoms with Gasteiger partial charge in [0.1, 0.15) is 35.6 Å². The molecule has 6 heterocycles. The molecule has 20 nitrogen and oxygen atoms in total. The lowest BCUT2D eigenvalue weighted by Crippen LogP contribution is -2.58. The molecule has 0 spiro atoms. The third-order valence-corrected chi connectivity index (χ3v) is 16.4. The van der Waals surface area contributed by atoms with Crippen LogP contribution < -0.4 is 31.9 Å². The monoisotopic (exact) mass is 1010 g/mol. The molecule has 5 unspecified atom stereocenters. The predicted molar refractivity (Wildman–Crippen MR) is 274 cm³/mol. The van der Waals surface area contributed by atoms with Gasteiger partial charge in [0.05, 0.1) is 42.6 Å². The summed E-state index contributed by atoms with van der Waals surface area (Å²) in [4.78, 5) is 86.5. The maximum absolute atomic E-state index is 14.4. The molecule has 9 rings (SSSR count). The number of likely N-dealkylation sites (N-methyl/N-ethyl adjacent to an activating group) is 2. The summed E-state index contributed by atoms with van der Waals surface area (Å²) in [5.41, 5.74) is 2.87. The van der Waals surface area contributed by atoms with E-state index in [2.05, 4.69) is 52.5 Å². The van der Waals surface area contributed by atoms with Crippen LogP contribution in [0.3, 0.4) is 0 Å². The van der Waals surface area contributed by atoms with Crippen molar-refractivity contribution in [3.8, 4) is 0 Å². The van der Waals surface area contributed by atoms with Gasteiger partial charge >= 0.3 is 0 Å². The van der Waals surface area contributed by atoms with E-state index < -0.39 is 48.3 Å². The number of hydrogen-bond acceptors (Lipinski definition) is 12. The smallest absolute Gasteiger partial charge is 0.246 e. The molecule has 4 aliphatic heterocycles. The van der Waals surface area contributed by atoms with Crippen molar-refractivity contribution in [1.82, 2.24) is 71.7 Å². The number of rotatable bonds is 17. The third kappa shape index (κ3) is 11.7. The predicted octanol–water partition coefficient (Wildman–Crippen LogP) is 3.37. The highest BCUT2D eigenvalue weighted by Crippen LogP contribution is 2.37. The van der Waals surface area contributed by atoms with Crippen molar-refractivity contribution < 1.29 is 28.8 Å². The summed E-state index contributed by atoms with van der Waals surface area (Å²) in [5.74, 6) is -1.17. The summed E-state index contributed by atoms with van der Waals surface area (Å²) in [5, 5.41) is 36.8. The Hall–Kier alpha value is -6.54. The lowest BCUT2D eigenvalue weighted by atomic mass is 9.98. The van der Waals surface area contributed by atoms with Crippen molar-refractivity contribution in [3.63, 3.8) is 0 Å². The molecule has 4 saturated heterocycles. The highest BCUT2D eigenvalue weighted by atomic mass is 16.2. The molecule has 12 atom stereocenters. The molecule has 1 aliphatic carbocycles. The van der Waals surface area contributed by atoms with Crippen LogP contribution in [0.2, 0.25) is 0 Å². The maximum atomic E-state index is 14.4. The highest BCUT2D eigenvalue weighted by molar-refractivity contribution is 5.95. The molecule has 0 bridgehead atoms. The Morgan fingerprint density at radius 3 is 1.53 bits per heavy atom. The van der Waals surface area contributed by atoms with Gasteiger partial charge in [0.15, 0.2) is 0 Å². The van der Waals surface area contributed by atoms with E-state index in [9.17, 15) is 28.8 Å². The van der Waals surface area contributed by atoms with E-state index in [-0.39, 0.29) is 59.5 Å². The van der Waals surface area contributed by atoms with Gasteiger partial charge in [-0.1, -0.05) is 96.8 Å². The number of nitrogens with one attached hydrogen (secondary N) is 6. The summed E-state index contributed by atoms with van der Waals surface area (Å²) in [6.07, 6.45) is 15.1. The molecule has 4 aromatic rings. The van der Waals surface area contributed by atoms with Crippen LogP contribution in [0, 0.1) is 5.92 Å². The SMILES string of the molecule is CN[C@@H](C)C(=O)N[C@H]1CCCCC2CC[C@@H](C(=O)NC(c3ccccc3)c3cn(CC4CCC(n5cc(C(NC(=O)[C@@H]6CC[C@@H]7CCCC[C@H](NC(=O)[C@H](C)NC)C(=O)N76)c6ccccc6)nn5)C4)nn3)N2C1=O. The number of aromatic nitrogens is 6. The van der Waals surface area contributed by atoms with Gasteiger partial charge in [-0.25, -0.2) is 4.68 Å². The van der Waals surface area contributed by atoms with Gasteiger partial charge in [0.2, 0.25) is 35.4 Å². The normalized spacial score (nSPS) is 26.8. The van der Waals surface area contributed by atoms with Gasteiger partial charge < -0.3 is 41.7 Å². The molecule has 0 radical (unpaired) electrons. The van der Waals surface area contributed by atoms with Crippen molar-refractivity contribution in [2.75, 3.05) is 14.1 Å². The van der Waals surface area contributed by atoms with Crippen LogP contribution in [0.15, 0.2) is 73.1 Å². The number of benzene rings is 2. The van der Waals surface area contributed by atoms with Crippen molar-refractivity contribution in [3.05, 3.63) is 95.6 Å². The quantitative estimate of drug-likeness (QED) is 0.0893. The minimum Gasteiger partial charge on any atom is -0.343 e. The number of hydrogen-bond donors (Lipinski definition) is 6. The molecule has 2 aromatic carbocycles. The first-order valence-corrected chi connectivity index (χ1v) is 27.0. The molecule has 2 aromatic heterocycles. The standard InChI is InChI=1S/C54H74N14O6/c1-33(55-3)49(69)57-41-21-13-11-19-38-25-27-45(67(38)53(41)73)51(71)59-47(36-15-7-5-8-16-36)43-31-65(63-61-43)30-35-23-24-40(29-35)66-32-44(62-64-66)48(37-17-9-6-10-18-37)60-52(72)46-28-26-39-20-12-14-22-42(54(74)68(39)46)58-50(70)34(2)56-4/h5-10,15-18,31-35,38-42,45-48,55-56H,11-14,19-30H2,1-4H3,(H,57,69)(H,58,70)(H,59,71)(H,60,72)/t33-,34-,35?,38?,39-,40?,41-,42-,45-,46-,47?,48?/m0/s1. The Bertz CT molecular complexity index is 2590. The Labute approximate surface area is 433 Å². The molecule has 5 fully saturated rings. The molecule has 20 heteroatoms. The minimum absolute atomic E-state index is 0.0561. The fraction of sp³-hybridized carbons (Fsp3) is 0.593. The lowest BCUT2D eigenvalue weighted by Gasteiger charge is -2.36. The molecule has 6 amide bonds. The second kappa shape index (κ2) is 23.8. The minimum atomic E-state index is -0.696. The Kier molecular flexibility index (Phi) is 16.8. The number of amides is 6. The van der Waals surface area contributed by atoms with E-state index in [0.29, 0.717) is 43.6 Å². The number of carbonyl (C=O) groups excluding carboxylic acids is 6. The highest BCUT2D eigenvalue weighted by Gasteiger charge is 2.46. The average Bonchev–Trinajstić information content (AvgIpc) is 4.29. The topological polar surface area (TPSA) is 242 Å². The zero-order chi connectivity index (χ0) is 51.9. The van der Waals surface area contributed by atoms with Crippen molar-refractivity contribution in [2.45, 2.75) is 183 Å². The number of fused-ring (bicyclic) bond motifs is 2. The zero-order valence-electron chi connectivity index (χ0n) is 43.2. The first-order valence-electron chi connectivity index (χ1n) is 27.0. The summed E-state index contributed by atoms with van der Waals surface area (Å²) in [6.45, 7) is 4.11. The fourth-order valence-corrected chi connectivity index (χ4v) is 12.0. The molecule has 396 valence electrons. The largest absolute Gasteiger partial charge is 0.343 e. The van der Waals surface area contributed by atoms with Gasteiger partial charge in [0, 0.05) is 18.6 Å². The molecule has 1 saturated carbocycles. The Morgan fingerprint density at radius 2 is 1.03 bits per heavy atom. The van der Waals surface area contributed by atoms with Crippen LogP contribution in [0.5, 0.6) is 0 Å². The van der Waals surface area contributed by atoms with E-state index in [1.165, 1.54) is 0 Å². The molecular formula is C54H74N14O6. The molecule has 5 aliphatic rings. The number of carbonyl (C=O) groups is 6. The second-order valence-electron chi connectivity index (χ2n) is 21.2. The van der Waals surface area contributed by atoms with Crippen LogP contribution >= 0.6 is 0 Å². The maximum Gasteiger partial charge on any atom is 0.246 e. The Balaban J connectivity index is 0.856. The van der Waals surface area contributed by atoms with Gasteiger partial charge in [-0.15, -0.1) is 10.2 Å². The summed E-state index contributed by atoms with van der Waals surface area (Å²) < 4.78 is 3.75. The van der Waals surface area contributed by atoms with Crippen LogP contribution in [-0.4, -0.2) is 138 Å². The molecular weight excluding hydrogens is 941 g/mol. The van der Waals surface area contributed by atoms with Gasteiger partial charge in [-0.3, -0.25) is 33.4 Å². The zero-order valence-corrected chi connectivity index (χ0v) is 43.2. The lowest BCUT2D eigenvalue weighted by molar-refractivity contribution is -0.144. The van der Waals surface area contributed by atoms with Crippen LogP contribution in [-0.2, 0) is 35.3 Å². The van der Waals surface area contributed by atoms with E-state index in [1.54, 1.807) is 37.7 Å². The van der Waals surface area contributed by atoms with Gasteiger partial charge in [0.25, 0.3) is 0 Å². The van der Waals surface area contributed by atoms with Crippen molar-refractivity contribution >= 4 is 35.4 Å². The van der Waals surface area contributed by atoms with E-state index >= 15 is 0 Å². The molecule has 74 heavy (non-hydrogen) atoms. The summed E-state index contributed by atoms with van der Waals surface area (Å²) >= 11 is 0. The van der Waals surface area contributed by atoms with Crippen LogP contribution in [0.1, 0.15) is 151 Å². The van der Waals surface area contributed by atoms with E-state index in [1.807, 2.05) is 82.4 Å². The average molecular weight is 1020 g/mol. The fourth-order valence-electron chi connectivity index (χ4n) is 12.0. The number of nitrogens with zero attached hydrogens (tertiary/aromatic N) is 8. The molecule has 6 N–H and O–H groups in total. The summed E-state index contributed by atoms with van der Waals surface area (Å²) in [7, 11) is 3.41. The van der Waals surface area contributed by atoms with Crippen molar-refractivity contribution in [1.29, 1.82) is 0 Å². The van der Waals surface area contributed by atoms with Gasteiger partial charge in [-0.05, 0) is 116 Å².